The molecular formula is C22H26ClFN2O3S. The van der Waals surface area contributed by atoms with Crippen molar-refractivity contribution in [2.45, 2.75) is 51.6 Å². The van der Waals surface area contributed by atoms with E-state index >= 15 is 0 Å². The van der Waals surface area contributed by atoms with Crippen LogP contribution in [0.3, 0.4) is 0 Å². The average Bonchev–Trinajstić information content (AvgIpc) is 3.15. The molecule has 0 aliphatic heterocycles. The van der Waals surface area contributed by atoms with Crippen LogP contribution in [0.4, 0.5) is 10.1 Å². The molecule has 2 aromatic carbocycles. The zero-order valence-electron chi connectivity index (χ0n) is 17.3. The Labute approximate surface area is 182 Å². The SMILES string of the molecule is CC[C@@H](C(=O)N[C@@H](C)c1ccc2c(c1)CCC2)N(c1ccc(F)c(Cl)c1)S(C)(=O)=O. The fraction of sp³-hybridized carbons (Fsp3) is 0.409. The van der Waals surface area contributed by atoms with Gasteiger partial charge in [0.1, 0.15) is 11.9 Å². The van der Waals surface area contributed by atoms with E-state index in [1.54, 1.807) is 6.92 Å². The highest BCUT2D eigenvalue weighted by atomic mass is 35.5. The number of nitrogens with one attached hydrogen (secondary N) is 1. The minimum absolute atomic E-state index is 0.149. The van der Waals surface area contributed by atoms with Crippen molar-refractivity contribution in [1.29, 1.82) is 0 Å². The van der Waals surface area contributed by atoms with Crippen LogP contribution in [-0.2, 0) is 27.7 Å². The van der Waals surface area contributed by atoms with Crippen molar-refractivity contribution in [3.8, 4) is 0 Å². The molecule has 0 unspecified atom stereocenters. The van der Waals surface area contributed by atoms with Gasteiger partial charge >= 0.3 is 0 Å². The van der Waals surface area contributed by atoms with Gasteiger partial charge in [-0.25, -0.2) is 12.8 Å². The van der Waals surface area contributed by atoms with Gasteiger partial charge in [0.05, 0.1) is 23.0 Å². The Morgan fingerprint density at radius 2 is 1.90 bits per heavy atom. The maximum Gasteiger partial charge on any atom is 0.244 e. The molecule has 0 radical (unpaired) electrons. The number of aryl methyl sites for hydroxylation is 2. The fourth-order valence-corrected chi connectivity index (χ4v) is 5.31. The summed E-state index contributed by atoms with van der Waals surface area (Å²) in [7, 11) is -3.82. The normalized spacial score (nSPS) is 15.4. The number of nitrogens with zero attached hydrogens (tertiary/aromatic N) is 1. The summed E-state index contributed by atoms with van der Waals surface area (Å²) in [5.74, 6) is -1.08. The molecule has 5 nitrogen and oxygen atoms in total. The number of anilines is 1. The van der Waals surface area contributed by atoms with Gasteiger partial charge in [0.15, 0.2) is 0 Å². The van der Waals surface area contributed by atoms with E-state index in [0.29, 0.717) is 0 Å². The highest BCUT2D eigenvalue weighted by molar-refractivity contribution is 7.92. The van der Waals surface area contributed by atoms with E-state index < -0.39 is 27.8 Å². The van der Waals surface area contributed by atoms with Crippen LogP contribution in [0.5, 0.6) is 0 Å². The highest BCUT2D eigenvalue weighted by Gasteiger charge is 2.32. The van der Waals surface area contributed by atoms with Crippen LogP contribution in [0.15, 0.2) is 36.4 Å². The van der Waals surface area contributed by atoms with Crippen LogP contribution in [0.1, 0.15) is 49.4 Å². The van der Waals surface area contributed by atoms with Crippen molar-refractivity contribution in [3.63, 3.8) is 0 Å². The molecule has 0 aromatic heterocycles. The first-order chi connectivity index (χ1) is 14.1. The number of hydrogen-bond acceptors (Lipinski definition) is 3. The van der Waals surface area contributed by atoms with E-state index in [1.165, 1.54) is 23.3 Å². The molecule has 2 aromatic rings. The van der Waals surface area contributed by atoms with E-state index in [1.807, 2.05) is 13.0 Å². The third-order valence-corrected chi connectivity index (χ3v) is 6.94. The van der Waals surface area contributed by atoms with Crippen LogP contribution < -0.4 is 9.62 Å². The third kappa shape index (κ3) is 4.78. The first-order valence-corrected chi connectivity index (χ1v) is 12.2. The second kappa shape index (κ2) is 8.94. The molecule has 1 aliphatic carbocycles. The highest BCUT2D eigenvalue weighted by Crippen LogP contribution is 2.28. The molecule has 30 heavy (non-hydrogen) atoms. The van der Waals surface area contributed by atoms with Gasteiger partial charge in [-0.3, -0.25) is 9.10 Å². The molecule has 2 atom stereocenters. The van der Waals surface area contributed by atoms with Crippen molar-refractivity contribution in [3.05, 3.63) is 63.9 Å². The molecule has 0 saturated heterocycles. The van der Waals surface area contributed by atoms with Crippen molar-refractivity contribution < 1.29 is 17.6 Å². The van der Waals surface area contributed by atoms with E-state index in [9.17, 15) is 17.6 Å². The summed E-state index contributed by atoms with van der Waals surface area (Å²) >= 11 is 5.85. The van der Waals surface area contributed by atoms with E-state index in [2.05, 4.69) is 17.4 Å². The lowest BCUT2D eigenvalue weighted by Gasteiger charge is -2.31. The Balaban J connectivity index is 1.86. The molecule has 0 bridgehead atoms. The van der Waals surface area contributed by atoms with Crippen LogP contribution >= 0.6 is 11.6 Å². The molecule has 0 fully saturated rings. The summed E-state index contributed by atoms with van der Waals surface area (Å²) in [6, 6.07) is 8.56. The van der Waals surface area contributed by atoms with Crippen molar-refractivity contribution >= 4 is 33.2 Å². The molecule has 0 heterocycles. The van der Waals surface area contributed by atoms with Crippen molar-refractivity contribution in [1.82, 2.24) is 5.32 Å². The summed E-state index contributed by atoms with van der Waals surface area (Å²) in [5, 5.41) is 2.73. The van der Waals surface area contributed by atoms with Gasteiger partial charge in [-0.15, -0.1) is 0 Å². The van der Waals surface area contributed by atoms with Crippen LogP contribution in [0.25, 0.3) is 0 Å². The number of halogens is 2. The predicted molar refractivity (Wildman–Crippen MR) is 118 cm³/mol. The Kier molecular flexibility index (Phi) is 6.72. The molecule has 8 heteroatoms. The van der Waals surface area contributed by atoms with Crippen LogP contribution in [-0.4, -0.2) is 26.6 Å². The minimum Gasteiger partial charge on any atom is -0.348 e. The maximum atomic E-state index is 13.6. The van der Waals surface area contributed by atoms with Gasteiger partial charge in [-0.05, 0) is 67.5 Å². The molecule has 162 valence electrons. The smallest absolute Gasteiger partial charge is 0.244 e. The first-order valence-electron chi connectivity index (χ1n) is 9.98. The largest absolute Gasteiger partial charge is 0.348 e. The lowest BCUT2D eigenvalue weighted by atomic mass is 10.0. The monoisotopic (exact) mass is 452 g/mol. The van der Waals surface area contributed by atoms with Gasteiger partial charge < -0.3 is 5.32 Å². The fourth-order valence-electron chi connectivity index (χ4n) is 3.94. The van der Waals surface area contributed by atoms with Crippen LogP contribution in [0, 0.1) is 5.82 Å². The molecule has 0 spiro atoms. The molecule has 1 amide bonds. The summed E-state index contributed by atoms with van der Waals surface area (Å²) in [6.45, 7) is 3.61. The number of carbonyl (C=O) groups excluding carboxylic acids is 1. The van der Waals surface area contributed by atoms with Gasteiger partial charge in [0, 0.05) is 0 Å². The number of benzene rings is 2. The Morgan fingerprint density at radius 3 is 2.53 bits per heavy atom. The molecule has 1 N–H and O–H groups in total. The first kappa shape index (κ1) is 22.6. The molecule has 0 saturated carbocycles. The molecule has 3 rings (SSSR count). The lowest BCUT2D eigenvalue weighted by molar-refractivity contribution is -0.122. The van der Waals surface area contributed by atoms with Crippen LogP contribution in [0.2, 0.25) is 5.02 Å². The zero-order valence-corrected chi connectivity index (χ0v) is 18.9. The number of sulfonamides is 1. The standard InChI is InChI=1S/C22H26ClFN2O3S/c1-4-21(26(30(3,28)29)18-10-11-20(24)19(23)13-18)22(27)25-14(2)16-9-8-15-6-5-7-17(15)12-16/h8-14,21H,4-7H2,1-3H3,(H,25,27)/t14-,21-/m0/s1. The second-order valence-corrected chi connectivity index (χ2v) is 9.96. The number of hydrogen-bond donors (Lipinski definition) is 1. The van der Waals surface area contributed by atoms with Gasteiger partial charge in [-0.2, -0.15) is 0 Å². The summed E-state index contributed by atoms with van der Waals surface area (Å²) in [5.41, 5.74) is 3.78. The summed E-state index contributed by atoms with van der Waals surface area (Å²) in [4.78, 5) is 13.1. The Bertz CT molecular complexity index is 1060. The number of rotatable bonds is 7. The van der Waals surface area contributed by atoms with Crippen molar-refractivity contribution in [2.75, 3.05) is 10.6 Å². The Morgan fingerprint density at radius 1 is 1.20 bits per heavy atom. The van der Waals surface area contributed by atoms with E-state index in [-0.39, 0.29) is 23.2 Å². The number of fused-ring (bicyclic) bond motifs is 1. The number of carbonyl (C=O) groups is 1. The third-order valence-electron chi connectivity index (χ3n) is 5.47. The quantitative estimate of drug-likeness (QED) is 0.677. The second-order valence-electron chi connectivity index (χ2n) is 7.69. The van der Waals surface area contributed by atoms with Gasteiger partial charge in [0.2, 0.25) is 15.9 Å². The lowest BCUT2D eigenvalue weighted by Crippen LogP contribution is -2.49. The van der Waals surface area contributed by atoms with Crippen molar-refractivity contribution in [2.24, 2.45) is 0 Å². The van der Waals surface area contributed by atoms with E-state index in [0.717, 1.165) is 41.5 Å². The number of amides is 1. The Hall–Kier alpha value is -2.12. The summed E-state index contributed by atoms with van der Waals surface area (Å²) in [6.07, 6.45) is 4.52. The van der Waals surface area contributed by atoms with Gasteiger partial charge in [0.25, 0.3) is 0 Å². The zero-order chi connectivity index (χ0) is 22.1. The summed E-state index contributed by atoms with van der Waals surface area (Å²) < 4.78 is 39.6. The molecular weight excluding hydrogens is 427 g/mol. The average molecular weight is 453 g/mol. The predicted octanol–water partition coefficient (Wildman–Crippen LogP) is 4.39. The van der Waals surface area contributed by atoms with E-state index in [4.69, 9.17) is 11.6 Å². The topological polar surface area (TPSA) is 66.5 Å². The minimum atomic E-state index is -3.82. The van der Waals surface area contributed by atoms with Gasteiger partial charge in [-0.1, -0.05) is 36.7 Å². The molecule has 1 aliphatic rings. The maximum absolute atomic E-state index is 13.6.